The lowest BCUT2D eigenvalue weighted by Crippen LogP contribution is -2.13. The summed E-state index contributed by atoms with van der Waals surface area (Å²) in [7, 11) is 0. The fraction of sp³-hybridized carbons (Fsp3) is 0.190. The Kier molecular flexibility index (Phi) is 5.58. The number of nitrogens with zero attached hydrogens (tertiary/aromatic N) is 1. The van der Waals surface area contributed by atoms with E-state index in [0.29, 0.717) is 10.7 Å². The molecule has 3 aromatic rings. The minimum absolute atomic E-state index is 0.0318. The maximum Gasteiger partial charge on any atom is 0.226 e. The van der Waals surface area contributed by atoms with Crippen LogP contribution < -0.4 is 5.32 Å². The molecule has 0 bridgehead atoms. The van der Waals surface area contributed by atoms with Crippen molar-refractivity contribution in [3.05, 3.63) is 70.6 Å². The number of carbonyl (C=O) groups excluding carboxylic acids is 2. The van der Waals surface area contributed by atoms with Crippen molar-refractivity contribution in [2.75, 3.05) is 5.32 Å². The summed E-state index contributed by atoms with van der Waals surface area (Å²) in [6.07, 6.45) is 0.331. The van der Waals surface area contributed by atoms with Crippen molar-refractivity contribution in [1.82, 2.24) is 4.98 Å². The van der Waals surface area contributed by atoms with Gasteiger partial charge in [-0.2, -0.15) is 0 Å². The van der Waals surface area contributed by atoms with Crippen LogP contribution in [0.25, 0.3) is 11.3 Å². The Balaban J connectivity index is 1.57. The quantitative estimate of drug-likeness (QED) is 0.624. The number of hydrogen-bond donors (Lipinski definition) is 1. The van der Waals surface area contributed by atoms with Gasteiger partial charge in [0.25, 0.3) is 0 Å². The molecule has 0 saturated heterocycles. The number of aryl methyl sites for hydroxylation is 2. The molecule has 26 heavy (non-hydrogen) atoms. The van der Waals surface area contributed by atoms with E-state index in [4.69, 9.17) is 0 Å². The van der Waals surface area contributed by atoms with Crippen LogP contribution in [0.4, 0.5) is 5.13 Å². The Morgan fingerprint density at radius 2 is 1.77 bits per heavy atom. The lowest BCUT2D eigenvalue weighted by molar-refractivity contribution is -0.116. The number of amides is 1. The van der Waals surface area contributed by atoms with Gasteiger partial charge >= 0.3 is 0 Å². The van der Waals surface area contributed by atoms with E-state index in [2.05, 4.69) is 36.3 Å². The first-order chi connectivity index (χ1) is 12.5. The Morgan fingerprint density at radius 1 is 1.00 bits per heavy atom. The van der Waals surface area contributed by atoms with Gasteiger partial charge in [-0.25, -0.2) is 4.98 Å². The molecule has 0 saturated carbocycles. The SMILES string of the molecule is Cc1ccc(-c2csc(NC(=O)CCC(=O)c3ccccc3)n2)cc1C. The highest BCUT2D eigenvalue weighted by molar-refractivity contribution is 7.14. The third-order valence-electron chi connectivity index (χ3n) is 4.23. The molecule has 0 radical (unpaired) electrons. The number of carbonyl (C=O) groups is 2. The highest BCUT2D eigenvalue weighted by Gasteiger charge is 2.11. The summed E-state index contributed by atoms with van der Waals surface area (Å²) in [5, 5.41) is 5.26. The van der Waals surface area contributed by atoms with Gasteiger partial charge in [0.2, 0.25) is 5.91 Å². The normalized spacial score (nSPS) is 10.5. The summed E-state index contributed by atoms with van der Waals surface area (Å²) in [6, 6.07) is 15.2. The number of rotatable bonds is 6. The Morgan fingerprint density at radius 3 is 2.50 bits per heavy atom. The van der Waals surface area contributed by atoms with Crippen molar-refractivity contribution < 1.29 is 9.59 Å². The lowest BCUT2D eigenvalue weighted by Gasteiger charge is -2.03. The molecule has 1 heterocycles. The fourth-order valence-corrected chi connectivity index (χ4v) is 3.28. The third kappa shape index (κ3) is 4.43. The molecule has 0 unspecified atom stereocenters. The average Bonchev–Trinajstić information content (AvgIpc) is 3.11. The minimum atomic E-state index is -0.199. The maximum atomic E-state index is 12.1. The first-order valence-corrected chi connectivity index (χ1v) is 9.32. The van der Waals surface area contributed by atoms with Crippen molar-refractivity contribution in [2.24, 2.45) is 0 Å². The summed E-state index contributed by atoms with van der Waals surface area (Å²) in [6.45, 7) is 4.14. The van der Waals surface area contributed by atoms with Crippen LogP contribution in [-0.4, -0.2) is 16.7 Å². The summed E-state index contributed by atoms with van der Waals surface area (Å²) in [4.78, 5) is 28.6. The molecule has 5 heteroatoms. The maximum absolute atomic E-state index is 12.1. The van der Waals surface area contributed by atoms with E-state index in [1.807, 2.05) is 29.6 Å². The number of aromatic nitrogens is 1. The number of hydrogen-bond acceptors (Lipinski definition) is 4. The van der Waals surface area contributed by atoms with Gasteiger partial charge in [-0.05, 0) is 31.0 Å². The Labute approximate surface area is 156 Å². The van der Waals surface area contributed by atoms with E-state index >= 15 is 0 Å². The van der Waals surface area contributed by atoms with Crippen LogP contribution in [-0.2, 0) is 4.79 Å². The van der Waals surface area contributed by atoms with Crippen LogP contribution in [0.3, 0.4) is 0 Å². The van der Waals surface area contributed by atoms with Crippen LogP contribution in [0.15, 0.2) is 53.9 Å². The van der Waals surface area contributed by atoms with Gasteiger partial charge in [-0.1, -0.05) is 42.5 Å². The van der Waals surface area contributed by atoms with E-state index in [9.17, 15) is 9.59 Å². The van der Waals surface area contributed by atoms with E-state index in [0.717, 1.165) is 11.3 Å². The number of nitrogens with one attached hydrogen (secondary N) is 1. The zero-order valence-electron chi connectivity index (χ0n) is 14.8. The smallest absolute Gasteiger partial charge is 0.226 e. The van der Waals surface area contributed by atoms with Crippen LogP contribution in [0.1, 0.15) is 34.3 Å². The molecule has 1 aromatic heterocycles. The molecular weight excluding hydrogens is 344 g/mol. The Bertz CT molecular complexity index is 932. The molecule has 3 rings (SSSR count). The van der Waals surface area contributed by atoms with Gasteiger partial charge < -0.3 is 5.32 Å². The van der Waals surface area contributed by atoms with E-state index < -0.39 is 0 Å². The predicted molar refractivity (Wildman–Crippen MR) is 106 cm³/mol. The van der Waals surface area contributed by atoms with Gasteiger partial charge in [-0.3, -0.25) is 9.59 Å². The van der Waals surface area contributed by atoms with E-state index in [1.165, 1.54) is 22.5 Å². The first kappa shape index (κ1) is 18.0. The second-order valence-electron chi connectivity index (χ2n) is 6.17. The van der Waals surface area contributed by atoms with Gasteiger partial charge in [-0.15, -0.1) is 11.3 Å². The summed E-state index contributed by atoms with van der Waals surface area (Å²) >= 11 is 1.39. The molecule has 1 N–H and O–H groups in total. The second kappa shape index (κ2) is 8.06. The zero-order valence-corrected chi connectivity index (χ0v) is 15.6. The zero-order chi connectivity index (χ0) is 18.5. The van der Waals surface area contributed by atoms with Crippen LogP contribution in [0.5, 0.6) is 0 Å². The number of Topliss-reactive ketones (excluding diaryl/α,β-unsaturated/α-hetero) is 1. The Hall–Kier alpha value is -2.79. The predicted octanol–water partition coefficient (Wildman–Crippen LogP) is 5.03. The van der Waals surface area contributed by atoms with Crippen LogP contribution in [0, 0.1) is 13.8 Å². The largest absolute Gasteiger partial charge is 0.302 e. The summed E-state index contributed by atoms with van der Waals surface area (Å²) in [5.41, 5.74) is 4.95. The van der Waals surface area contributed by atoms with Gasteiger partial charge in [0, 0.05) is 29.3 Å². The minimum Gasteiger partial charge on any atom is -0.302 e. The van der Waals surface area contributed by atoms with Crippen molar-refractivity contribution in [2.45, 2.75) is 26.7 Å². The van der Waals surface area contributed by atoms with Crippen molar-refractivity contribution >= 4 is 28.2 Å². The van der Waals surface area contributed by atoms with E-state index in [1.54, 1.807) is 12.1 Å². The molecule has 0 fully saturated rings. The topological polar surface area (TPSA) is 59.1 Å². The lowest BCUT2D eigenvalue weighted by atomic mass is 10.1. The number of benzene rings is 2. The van der Waals surface area contributed by atoms with Crippen molar-refractivity contribution in [3.63, 3.8) is 0 Å². The molecule has 0 aliphatic rings. The number of thiazole rings is 1. The fourth-order valence-electron chi connectivity index (χ4n) is 2.54. The molecule has 0 aliphatic carbocycles. The molecule has 1 amide bonds. The molecule has 4 nitrogen and oxygen atoms in total. The van der Waals surface area contributed by atoms with Crippen LogP contribution >= 0.6 is 11.3 Å². The first-order valence-electron chi connectivity index (χ1n) is 8.44. The summed E-state index contributed by atoms with van der Waals surface area (Å²) < 4.78 is 0. The molecule has 0 aliphatic heterocycles. The number of ketones is 1. The second-order valence-corrected chi connectivity index (χ2v) is 7.03. The van der Waals surface area contributed by atoms with Crippen molar-refractivity contribution in [1.29, 1.82) is 0 Å². The third-order valence-corrected chi connectivity index (χ3v) is 4.99. The molecule has 0 spiro atoms. The molecular formula is C21H20N2O2S. The standard InChI is InChI=1S/C21H20N2O2S/c1-14-8-9-17(12-15(14)2)18-13-26-21(22-18)23-20(25)11-10-19(24)16-6-4-3-5-7-16/h3-9,12-13H,10-11H2,1-2H3,(H,22,23,25). The molecule has 132 valence electrons. The monoisotopic (exact) mass is 364 g/mol. The highest BCUT2D eigenvalue weighted by Crippen LogP contribution is 2.26. The van der Waals surface area contributed by atoms with E-state index in [-0.39, 0.29) is 24.5 Å². The van der Waals surface area contributed by atoms with Crippen LogP contribution in [0.2, 0.25) is 0 Å². The summed E-state index contributed by atoms with van der Waals surface area (Å²) in [5.74, 6) is -0.231. The molecule has 0 atom stereocenters. The molecule has 2 aromatic carbocycles. The van der Waals surface area contributed by atoms with Crippen molar-refractivity contribution in [3.8, 4) is 11.3 Å². The van der Waals surface area contributed by atoms with Gasteiger partial charge in [0.15, 0.2) is 10.9 Å². The van der Waals surface area contributed by atoms with Gasteiger partial charge in [0.1, 0.15) is 0 Å². The number of anilines is 1. The average molecular weight is 364 g/mol. The van der Waals surface area contributed by atoms with Gasteiger partial charge in [0.05, 0.1) is 5.69 Å². The highest BCUT2D eigenvalue weighted by atomic mass is 32.1.